The third-order valence-corrected chi connectivity index (χ3v) is 13.9. The highest BCUT2D eigenvalue weighted by atomic mass is 16.3. The van der Waals surface area contributed by atoms with Gasteiger partial charge in [-0.3, -0.25) is 0 Å². The third kappa shape index (κ3) is 5.76. The fourth-order valence-corrected chi connectivity index (χ4v) is 10.8. The molecule has 4 aromatic heterocycles. The predicted molar refractivity (Wildman–Crippen MR) is 281 cm³/mol. The number of nitrogens with zero attached hydrogens (tertiary/aromatic N) is 3. The molecule has 0 aliphatic carbocycles. The fourth-order valence-electron chi connectivity index (χ4n) is 10.8. The first kappa shape index (κ1) is 37.8. The van der Waals surface area contributed by atoms with Gasteiger partial charge >= 0.3 is 0 Å². The van der Waals surface area contributed by atoms with Crippen molar-refractivity contribution in [3.8, 4) is 56.4 Å². The van der Waals surface area contributed by atoms with E-state index in [2.05, 4.69) is 164 Å². The van der Waals surface area contributed by atoms with Crippen LogP contribution in [0, 0.1) is 0 Å². The molecule has 69 heavy (non-hydrogen) atoms. The summed E-state index contributed by atoms with van der Waals surface area (Å²) in [5.74, 6) is 1.65. The average molecular weight is 882 g/mol. The Bertz CT molecular complexity index is 4570. The number of benzene rings is 11. The summed E-state index contributed by atoms with van der Waals surface area (Å²) >= 11 is 0. The van der Waals surface area contributed by atoms with Gasteiger partial charge < -0.3 is 13.3 Å². The number of hydrogen-bond donors (Lipinski definition) is 0. The molecule has 0 unspecified atom stereocenters. The molecule has 0 saturated heterocycles. The number of fused-ring (bicyclic) bond motifs is 15. The van der Waals surface area contributed by atoms with Crippen LogP contribution in [-0.4, -0.2) is 15.0 Å². The normalized spacial score (nSPS) is 12.1. The van der Waals surface area contributed by atoms with Crippen LogP contribution < -0.4 is 0 Å². The zero-order valence-electron chi connectivity index (χ0n) is 36.8. The van der Waals surface area contributed by atoms with Crippen molar-refractivity contribution in [2.45, 2.75) is 0 Å². The second kappa shape index (κ2) is 14.6. The zero-order valence-corrected chi connectivity index (χ0v) is 36.8. The van der Waals surface area contributed by atoms with Crippen LogP contribution in [0.2, 0.25) is 0 Å². The van der Waals surface area contributed by atoms with E-state index in [0.29, 0.717) is 17.5 Å². The SMILES string of the molecule is c1ccc(-c2cc(-c3ccc4oc5cccc(-c6nc(-c7ccc8c(c7)oc7ccccc78)nc(-c7cccc8c9ccccc9c9ccccc9c78)n6)c5c4c3)cc3oc4ccccc4c23)cc1. The van der Waals surface area contributed by atoms with Gasteiger partial charge in [-0.05, 0) is 104 Å². The summed E-state index contributed by atoms with van der Waals surface area (Å²) in [6.45, 7) is 0. The van der Waals surface area contributed by atoms with E-state index in [1.165, 1.54) is 16.2 Å². The molecule has 0 fully saturated rings. The van der Waals surface area contributed by atoms with Crippen LogP contribution in [0.4, 0.5) is 0 Å². The van der Waals surface area contributed by atoms with E-state index in [1.807, 2.05) is 48.5 Å². The molecule has 0 bridgehead atoms. The standard InChI is InChI=1S/C63H35N3O3/c1-2-14-36(15-3-1)50-33-39(35-57-59(50)47-21-9-11-26-53(47)69-57)37-29-31-54-51(32-37)60-49(24-13-27-55(60)67-54)63-65-61(38-28-30-44-43-19-8-10-25-52(43)68-56(44)34-38)64-62(66-63)48-23-12-22-46-42-17-5-4-16-40(42)41-18-6-7-20-45(41)58(46)48/h1-35H. The highest BCUT2D eigenvalue weighted by Gasteiger charge is 2.22. The molecule has 0 radical (unpaired) electrons. The quantitative estimate of drug-likeness (QED) is 0.160. The van der Waals surface area contributed by atoms with E-state index in [-0.39, 0.29) is 0 Å². The Hall–Kier alpha value is -9.39. The van der Waals surface area contributed by atoms with Crippen LogP contribution >= 0.6 is 0 Å². The zero-order chi connectivity index (χ0) is 45.2. The van der Waals surface area contributed by atoms with Gasteiger partial charge in [0, 0.05) is 54.4 Å². The molecule has 6 heteroatoms. The van der Waals surface area contributed by atoms with E-state index in [0.717, 1.165) is 121 Å². The van der Waals surface area contributed by atoms with E-state index in [1.54, 1.807) is 0 Å². The first-order chi connectivity index (χ1) is 34.2. The molecule has 0 amide bonds. The van der Waals surface area contributed by atoms with Crippen LogP contribution in [0.25, 0.3) is 155 Å². The molecule has 0 aliphatic rings. The Balaban J connectivity index is 0.976. The predicted octanol–water partition coefficient (Wildman–Crippen LogP) is 17.4. The van der Waals surface area contributed by atoms with Crippen molar-refractivity contribution < 1.29 is 13.3 Å². The summed E-state index contributed by atoms with van der Waals surface area (Å²) in [5.41, 5.74) is 11.7. The molecule has 4 heterocycles. The summed E-state index contributed by atoms with van der Waals surface area (Å²) in [6.07, 6.45) is 0. The first-order valence-electron chi connectivity index (χ1n) is 23.2. The van der Waals surface area contributed by atoms with Crippen molar-refractivity contribution in [1.29, 1.82) is 0 Å². The van der Waals surface area contributed by atoms with Crippen LogP contribution in [0.1, 0.15) is 0 Å². The number of hydrogen-bond acceptors (Lipinski definition) is 6. The maximum atomic E-state index is 6.66. The van der Waals surface area contributed by atoms with Gasteiger partial charge in [-0.25, -0.2) is 15.0 Å². The smallest absolute Gasteiger partial charge is 0.164 e. The number of aromatic nitrogens is 3. The highest BCUT2D eigenvalue weighted by Crippen LogP contribution is 2.44. The van der Waals surface area contributed by atoms with Crippen LogP contribution in [0.5, 0.6) is 0 Å². The van der Waals surface area contributed by atoms with E-state index >= 15 is 0 Å². The molecule has 320 valence electrons. The summed E-state index contributed by atoms with van der Waals surface area (Å²) in [4.78, 5) is 16.2. The third-order valence-electron chi connectivity index (χ3n) is 13.9. The Labute approximate surface area is 393 Å². The van der Waals surface area contributed by atoms with Gasteiger partial charge in [-0.15, -0.1) is 0 Å². The van der Waals surface area contributed by atoms with E-state index < -0.39 is 0 Å². The summed E-state index contributed by atoms with van der Waals surface area (Å²) in [5, 5.41) is 13.1. The minimum Gasteiger partial charge on any atom is -0.456 e. The van der Waals surface area contributed by atoms with Crippen molar-refractivity contribution in [3.05, 3.63) is 212 Å². The number of furan rings is 3. The molecule has 0 N–H and O–H groups in total. The minimum absolute atomic E-state index is 0.538. The lowest BCUT2D eigenvalue weighted by Gasteiger charge is -2.15. The van der Waals surface area contributed by atoms with Gasteiger partial charge in [0.15, 0.2) is 17.5 Å². The van der Waals surface area contributed by atoms with Gasteiger partial charge in [-0.2, -0.15) is 0 Å². The largest absolute Gasteiger partial charge is 0.456 e. The second-order valence-electron chi connectivity index (χ2n) is 17.8. The molecule has 15 rings (SSSR count). The van der Waals surface area contributed by atoms with Crippen molar-refractivity contribution >= 4 is 98.1 Å². The van der Waals surface area contributed by atoms with Crippen LogP contribution in [0.15, 0.2) is 226 Å². The van der Waals surface area contributed by atoms with Crippen LogP contribution in [0.3, 0.4) is 0 Å². The number of rotatable bonds is 5. The average Bonchev–Trinajstić information content (AvgIpc) is 4.11. The van der Waals surface area contributed by atoms with Gasteiger partial charge in [0.2, 0.25) is 0 Å². The van der Waals surface area contributed by atoms with Crippen molar-refractivity contribution in [3.63, 3.8) is 0 Å². The number of para-hydroxylation sites is 2. The second-order valence-corrected chi connectivity index (χ2v) is 17.8. The maximum absolute atomic E-state index is 6.66. The van der Waals surface area contributed by atoms with Gasteiger partial charge in [0.05, 0.1) is 0 Å². The lowest BCUT2D eigenvalue weighted by atomic mass is 9.91. The molecular formula is C63H35N3O3. The van der Waals surface area contributed by atoms with Crippen molar-refractivity contribution in [1.82, 2.24) is 15.0 Å². The lowest BCUT2D eigenvalue weighted by molar-refractivity contribution is 0.668. The van der Waals surface area contributed by atoms with Gasteiger partial charge in [0.1, 0.15) is 33.5 Å². The lowest BCUT2D eigenvalue weighted by Crippen LogP contribution is -2.01. The Kier molecular flexibility index (Phi) is 7.97. The Morgan fingerprint density at radius 3 is 1.48 bits per heavy atom. The Morgan fingerprint density at radius 1 is 0.217 bits per heavy atom. The van der Waals surface area contributed by atoms with Crippen molar-refractivity contribution in [2.75, 3.05) is 0 Å². The monoisotopic (exact) mass is 881 g/mol. The molecule has 15 aromatic rings. The highest BCUT2D eigenvalue weighted by molar-refractivity contribution is 6.28. The minimum atomic E-state index is 0.538. The molecular weight excluding hydrogens is 847 g/mol. The van der Waals surface area contributed by atoms with Gasteiger partial charge in [-0.1, -0.05) is 158 Å². The van der Waals surface area contributed by atoms with E-state index in [9.17, 15) is 0 Å². The molecule has 0 spiro atoms. The van der Waals surface area contributed by atoms with Gasteiger partial charge in [0.25, 0.3) is 0 Å². The van der Waals surface area contributed by atoms with E-state index in [4.69, 9.17) is 28.2 Å². The summed E-state index contributed by atoms with van der Waals surface area (Å²) < 4.78 is 19.6. The summed E-state index contributed by atoms with van der Waals surface area (Å²) in [6, 6.07) is 73.9. The molecule has 0 aliphatic heterocycles. The first-order valence-corrected chi connectivity index (χ1v) is 23.2. The van der Waals surface area contributed by atoms with Crippen molar-refractivity contribution in [2.24, 2.45) is 0 Å². The summed E-state index contributed by atoms with van der Waals surface area (Å²) in [7, 11) is 0. The molecule has 11 aromatic carbocycles. The fraction of sp³-hybridized carbons (Fsp3) is 0. The topological polar surface area (TPSA) is 78.1 Å². The van der Waals surface area contributed by atoms with Crippen LogP contribution in [-0.2, 0) is 0 Å². The Morgan fingerprint density at radius 2 is 0.710 bits per heavy atom. The molecule has 0 atom stereocenters. The maximum Gasteiger partial charge on any atom is 0.164 e. The molecule has 6 nitrogen and oxygen atoms in total. The molecule has 0 saturated carbocycles.